The van der Waals surface area contributed by atoms with Crippen LogP contribution in [-0.4, -0.2) is 19.5 Å². The Balaban J connectivity index is 1.05. The van der Waals surface area contributed by atoms with Crippen molar-refractivity contribution < 1.29 is 4.42 Å². The molecule has 0 N–H and O–H groups in total. The largest absolute Gasteiger partial charge is 0.455 e. The lowest BCUT2D eigenvalue weighted by molar-refractivity contribution is 0.673. The van der Waals surface area contributed by atoms with Crippen molar-refractivity contribution in [3.05, 3.63) is 206 Å². The van der Waals surface area contributed by atoms with Crippen molar-refractivity contribution in [2.24, 2.45) is 0 Å². The molecule has 5 nitrogen and oxygen atoms in total. The van der Waals surface area contributed by atoms with E-state index in [4.69, 9.17) is 19.4 Å². The second-order valence-corrected chi connectivity index (χ2v) is 16.7. The van der Waals surface area contributed by atoms with E-state index in [0.717, 1.165) is 82.3 Å². The van der Waals surface area contributed by atoms with E-state index in [1.165, 1.54) is 37.7 Å². The molecule has 64 heavy (non-hydrogen) atoms. The van der Waals surface area contributed by atoms with Gasteiger partial charge in [0.05, 0.1) is 22.3 Å². The minimum absolute atomic E-state index is 0.552. The van der Waals surface area contributed by atoms with E-state index in [2.05, 4.69) is 193 Å². The van der Waals surface area contributed by atoms with Crippen LogP contribution in [0.4, 0.5) is 0 Å². The van der Waals surface area contributed by atoms with E-state index in [-0.39, 0.29) is 0 Å². The van der Waals surface area contributed by atoms with Gasteiger partial charge in [-0.3, -0.25) is 0 Å². The van der Waals surface area contributed by atoms with Crippen molar-refractivity contribution in [2.45, 2.75) is 0 Å². The molecule has 14 rings (SSSR count). The Kier molecular flexibility index (Phi) is 7.33. The van der Waals surface area contributed by atoms with Crippen molar-refractivity contribution in [1.82, 2.24) is 19.5 Å². The average molecular weight is 815 g/mol. The van der Waals surface area contributed by atoms with Gasteiger partial charge >= 0.3 is 0 Å². The first-order valence-corrected chi connectivity index (χ1v) is 21.7. The predicted molar refractivity (Wildman–Crippen MR) is 265 cm³/mol. The zero-order valence-electron chi connectivity index (χ0n) is 34.3. The zero-order chi connectivity index (χ0) is 41.9. The zero-order valence-corrected chi connectivity index (χ0v) is 34.3. The Morgan fingerprint density at radius 2 is 0.906 bits per heavy atom. The average Bonchev–Trinajstić information content (AvgIpc) is 3.91. The number of furan rings is 1. The number of hydrogen-bond donors (Lipinski definition) is 0. The highest BCUT2D eigenvalue weighted by molar-refractivity contribution is 6.25. The first-order chi connectivity index (χ1) is 31.7. The fourth-order valence-electron chi connectivity index (χ4n) is 10.3. The smallest absolute Gasteiger partial charge is 0.167 e. The number of aromatic nitrogens is 4. The van der Waals surface area contributed by atoms with E-state index < -0.39 is 0 Å². The number of para-hydroxylation sites is 1. The van der Waals surface area contributed by atoms with Gasteiger partial charge in [-0.25, -0.2) is 15.0 Å². The molecule has 3 heterocycles. The minimum atomic E-state index is 0.552. The molecule has 0 spiro atoms. The summed E-state index contributed by atoms with van der Waals surface area (Å²) in [5.74, 6) is 1.76. The summed E-state index contributed by atoms with van der Waals surface area (Å²) in [6.45, 7) is 0. The molecule has 3 aromatic heterocycles. The molecule has 14 aromatic rings. The molecule has 0 fully saturated rings. The Labute approximate surface area is 366 Å². The molecule has 0 unspecified atom stereocenters. The van der Waals surface area contributed by atoms with Gasteiger partial charge in [-0.1, -0.05) is 170 Å². The van der Waals surface area contributed by atoms with Crippen LogP contribution in [0.25, 0.3) is 137 Å². The van der Waals surface area contributed by atoms with Crippen LogP contribution >= 0.6 is 0 Å². The molecule has 0 aliphatic heterocycles. The molecule has 0 saturated carbocycles. The van der Waals surface area contributed by atoms with Crippen molar-refractivity contribution in [3.8, 4) is 39.9 Å². The van der Waals surface area contributed by atoms with Gasteiger partial charge in [-0.2, -0.15) is 0 Å². The summed E-state index contributed by atoms with van der Waals surface area (Å²) < 4.78 is 9.59. The molecule has 0 radical (unpaired) electrons. The van der Waals surface area contributed by atoms with Crippen LogP contribution in [0.3, 0.4) is 0 Å². The molecule has 296 valence electrons. The van der Waals surface area contributed by atoms with Crippen LogP contribution in [0, 0.1) is 0 Å². The molecule has 5 heteroatoms. The summed E-state index contributed by atoms with van der Waals surface area (Å²) in [4.78, 5) is 15.7. The second-order valence-electron chi connectivity index (χ2n) is 16.7. The minimum Gasteiger partial charge on any atom is -0.455 e. The lowest BCUT2D eigenvalue weighted by atomic mass is 9.97. The lowest BCUT2D eigenvalue weighted by Gasteiger charge is -2.13. The van der Waals surface area contributed by atoms with Gasteiger partial charge in [0, 0.05) is 43.4 Å². The highest BCUT2D eigenvalue weighted by Gasteiger charge is 2.23. The summed E-state index contributed by atoms with van der Waals surface area (Å²) >= 11 is 0. The molecule has 0 bridgehead atoms. The molecule has 0 amide bonds. The topological polar surface area (TPSA) is 56.7 Å². The lowest BCUT2D eigenvalue weighted by Crippen LogP contribution is -2.01. The van der Waals surface area contributed by atoms with E-state index in [0.29, 0.717) is 17.5 Å². The van der Waals surface area contributed by atoms with Crippen LogP contribution in [0.2, 0.25) is 0 Å². The van der Waals surface area contributed by atoms with Crippen molar-refractivity contribution in [2.75, 3.05) is 0 Å². The third-order valence-electron chi connectivity index (χ3n) is 13.2. The molecular formula is C59H34N4O. The van der Waals surface area contributed by atoms with Gasteiger partial charge in [0.1, 0.15) is 11.2 Å². The number of rotatable bonds is 4. The Morgan fingerprint density at radius 3 is 1.72 bits per heavy atom. The van der Waals surface area contributed by atoms with Gasteiger partial charge in [0.15, 0.2) is 17.5 Å². The van der Waals surface area contributed by atoms with Gasteiger partial charge in [-0.05, 0) is 79.5 Å². The maximum atomic E-state index is 7.12. The van der Waals surface area contributed by atoms with Gasteiger partial charge in [0.2, 0.25) is 0 Å². The van der Waals surface area contributed by atoms with Gasteiger partial charge < -0.3 is 8.98 Å². The van der Waals surface area contributed by atoms with Crippen LogP contribution in [0.15, 0.2) is 211 Å². The molecule has 11 aromatic carbocycles. The van der Waals surface area contributed by atoms with Crippen molar-refractivity contribution in [3.63, 3.8) is 0 Å². The summed E-state index contributed by atoms with van der Waals surface area (Å²) in [6.07, 6.45) is 0. The van der Waals surface area contributed by atoms with E-state index in [9.17, 15) is 0 Å². The first kappa shape index (κ1) is 35.0. The molecule has 0 saturated heterocycles. The Morgan fingerprint density at radius 1 is 0.312 bits per heavy atom. The fraction of sp³-hybridized carbons (Fsp3) is 0. The van der Waals surface area contributed by atoms with Crippen molar-refractivity contribution in [1.29, 1.82) is 0 Å². The highest BCUT2D eigenvalue weighted by atomic mass is 16.3. The van der Waals surface area contributed by atoms with Gasteiger partial charge in [-0.15, -0.1) is 0 Å². The van der Waals surface area contributed by atoms with Crippen LogP contribution in [-0.2, 0) is 0 Å². The monoisotopic (exact) mass is 814 g/mol. The number of hydrogen-bond acceptors (Lipinski definition) is 4. The normalized spacial score (nSPS) is 12.1. The second kappa shape index (κ2) is 13.4. The molecule has 0 atom stereocenters. The molecule has 0 aliphatic carbocycles. The maximum Gasteiger partial charge on any atom is 0.167 e. The third-order valence-corrected chi connectivity index (χ3v) is 13.2. The highest BCUT2D eigenvalue weighted by Crippen LogP contribution is 2.45. The quantitative estimate of drug-likeness (QED) is 0.166. The number of benzene rings is 11. The van der Waals surface area contributed by atoms with E-state index in [1.54, 1.807) is 0 Å². The molecular weight excluding hydrogens is 781 g/mol. The summed E-state index contributed by atoms with van der Waals surface area (Å²) in [5.41, 5.74) is 7.66. The number of nitrogens with zero attached hydrogens (tertiary/aromatic N) is 4. The summed E-state index contributed by atoms with van der Waals surface area (Å²) in [7, 11) is 0. The van der Waals surface area contributed by atoms with Crippen LogP contribution < -0.4 is 0 Å². The third kappa shape index (κ3) is 5.09. The summed E-state index contributed by atoms with van der Waals surface area (Å²) in [6, 6.07) is 73.3. The Bertz CT molecular complexity index is 4260. The molecule has 0 aliphatic rings. The van der Waals surface area contributed by atoms with E-state index in [1.807, 2.05) is 18.2 Å². The Hall–Kier alpha value is -8.67. The van der Waals surface area contributed by atoms with E-state index >= 15 is 0 Å². The predicted octanol–water partition coefficient (Wildman–Crippen LogP) is 15.6. The fourth-order valence-corrected chi connectivity index (χ4v) is 10.3. The maximum absolute atomic E-state index is 7.12. The number of fused-ring (bicyclic) bond motifs is 14. The standard InChI is InChI=1S/C59H34N4O/c1-2-16-36(17-3-1)57-60-58(62-59(61-57)49-32-39-20-7-8-21-40(39)42-23-10-11-24-43(42)49)47-28-14-27-46-48-34-53(44-25-12-13-26-45(44)56(48)64-55(46)47)63-51-30-29-35-15-6-9-22-41(35)54(51)50-31-37-18-4-5-19-38(37)33-52(50)63/h1-34H. The van der Waals surface area contributed by atoms with Crippen LogP contribution in [0.1, 0.15) is 0 Å². The van der Waals surface area contributed by atoms with Crippen molar-refractivity contribution >= 4 is 97.6 Å². The SMILES string of the molecule is c1ccc(-c2nc(-c3cc4ccccc4c4ccccc34)nc(-c3cccc4c3oc3c5ccccc5c(-n5c6cc7ccccc7cc6c6c7ccccc7ccc65)cc43)n2)cc1. The van der Waals surface area contributed by atoms with Crippen LogP contribution in [0.5, 0.6) is 0 Å². The summed E-state index contributed by atoms with van der Waals surface area (Å²) in [5, 5.41) is 16.1. The van der Waals surface area contributed by atoms with Gasteiger partial charge in [0.25, 0.3) is 0 Å². The first-order valence-electron chi connectivity index (χ1n) is 21.7.